The Morgan fingerprint density at radius 1 is 1.45 bits per heavy atom. The molecule has 0 radical (unpaired) electrons. The quantitative estimate of drug-likeness (QED) is 0.908. The van der Waals surface area contributed by atoms with Crippen LogP contribution in [0.5, 0.6) is 0 Å². The number of hydrogen-bond donors (Lipinski definition) is 1. The van der Waals surface area contributed by atoms with Gasteiger partial charge in [-0.05, 0) is 56.8 Å². The van der Waals surface area contributed by atoms with Crippen molar-refractivity contribution < 1.29 is 9.90 Å². The van der Waals surface area contributed by atoms with E-state index >= 15 is 0 Å². The van der Waals surface area contributed by atoms with Crippen molar-refractivity contribution in [1.29, 1.82) is 0 Å². The average Bonchev–Trinajstić information content (AvgIpc) is 2.88. The number of nitrogens with zero attached hydrogens (tertiary/aromatic N) is 2. The van der Waals surface area contributed by atoms with Crippen LogP contribution in [0.15, 0.2) is 11.4 Å². The van der Waals surface area contributed by atoms with Crippen LogP contribution in [0.3, 0.4) is 0 Å². The maximum Gasteiger partial charge on any atom is 0.325 e. The Balaban J connectivity index is 1.84. The molecule has 1 aromatic rings. The van der Waals surface area contributed by atoms with Crippen LogP contribution in [0.2, 0.25) is 0 Å². The first-order valence-corrected chi connectivity index (χ1v) is 8.21. The Hall–Kier alpha value is -0.910. The number of carboxylic acid groups (broad SMARTS) is 1. The number of thiophene rings is 1. The molecule has 2 aliphatic heterocycles. The third-order valence-electron chi connectivity index (χ3n) is 4.89. The molecule has 0 spiro atoms. The highest BCUT2D eigenvalue weighted by Gasteiger charge is 2.39. The standard InChI is InChI=1S/C15H22N2O2S/c1-10-9-11(3-6-16(10)2)17-7-4-13-12(5-8-20-13)14(17)15(18)19/h5,8,10-11,14H,3-4,6-7,9H2,1-2H3,(H,18,19). The number of hydrogen-bond acceptors (Lipinski definition) is 4. The fourth-order valence-electron chi connectivity index (χ4n) is 3.57. The van der Waals surface area contributed by atoms with Gasteiger partial charge in [0.25, 0.3) is 0 Å². The van der Waals surface area contributed by atoms with Crippen molar-refractivity contribution in [3.05, 3.63) is 21.9 Å². The third-order valence-corrected chi connectivity index (χ3v) is 5.88. The van der Waals surface area contributed by atoms with E-state index in [-0.39, 0.29) is 0 Å². The number of likely N-dealkylation sites (tertiary alicyclic amines) is 1. The van der Waals surface area contributed by atoms with Crippen molar-refractivity contribution in [1.82, 2.24) is 9.80 Å². The normalized spacial score (nSPS) is 32.0. The van der Waals surface area contributed by atoms with Gasteiger partial charge in [0.15, 0.2) is 0 Å². The maximum atomic E-state index is 11.8. The Morgan fingerprint density at radius 2 is 2.25 bits per heavy atom. The Kier molecular flexibility index (Phi) is 3.84. The number of piperidine rings is 1. The van der Waals surface area contributed by atoms with Crippen LogP contribution in [0, 0.1) is 0 Å². The largest absolute Gasteiger partial charge is 0.480 e. The first kappa shape index (κ1) is 14.0. The lowest BCUT2D eigenvalue weighted by Gasteiger charge is -2.44. The van der Waals surface area contributed by atoms with Crippen molar-refractivity contribution in [3.63, 3.8) is 0 Å². The van der Waals surface area contributed by atoms with Crippen LogP contribution in [0.1, 0.15) is 36.2 Å². The van der Waals surface area contributed by atoms with E-state index in [0.717, 1.165) is 37.9 Å². The molecule has 1 aromatic heterocycles. The molecule has 3 atom stereocenters. The lowest BCUT2D eigenvalue weighted by atomic mass is 9.91. The van der Waals surface area contributed by atoms with Crippen molar-refractivity contribution in [2.24, 2.45) is 0 Å². The van der Waals surface area contributed by atoms with Crippen molar-refractivity contribution in [2.45, 2.75) is 44.3 Å². The van der Waals surface area contributed by atoms with Gasteiger partial charge in [-0.15, -0.1) is 11.3 Å². The predicted octanol–water partition coefficient (Wildman–Crippen LogP) is 2.21. The van der Waals surface area contributed by atoms with Gasteiger partial charge in [0, 0.05) is 23.5 Å². The summed E-state index contributed by atoms with van der Waals surface area (Å²) >= 11 is 1.70. The van der Waals surface area contributed by atoms with Gasteiger partial charge in [-0.2, -0.15) is 0 Å². The zero-order valence-corrected chi connectivity index (χ0v) is 12.9. The zero-order valence-electron chi connectivity index (χ0n) is 12.1. The van der Waals surface area contributed by atoms with Gasteiger partial charge in [0.1, 0.15) is 6.04 Å². The van der Waals surface area contributed by atoms with Crippen LogP contribution in [-0.2, 0) is 11.2 Å². The second kappa shape index (κ2) is 5.47. The van der Waals surface area contributed by atoms with Crippen LogP contribution in [-0.4, -0.2) is 53.1 Å². The second-order valence-corrected chi connectivity index (χ2v) is 7.04. The summed E-state index contributed by atoms with van der Waals surface area (Å²) in [7, 11) is 2.16. The fraction of sp³-hybridized carbons (Fsp3) is 0.667. The van der Waals surface area contributed by atoms with Crippen LogP contribution in [0.25, 0.3) is 0 Å². The molecule has 5 heteroatoms. The molecular formula is C15H22N2O2S. The average molecular weight is 294 g/mol. The third kappa shape index (κ3) is 2.38. The van der Waals surface area contributed by atoms with Gasteiger partial charge in [0.05, 0.1) is 0 Å². The van der Waals surface area contributed by atoms with Gasteiger partial charge in [-0.3, -0.25) is 9.69 Å². The van der Waals surface area contributed by atoms with Gasteiger partial charge >= 0.3 is 5.97 Å². The predicted molar refractivity (Wildman–Crippen MR) is 80.2 cm³/mol. The van der Waals surface area contributed by atoms with E-state index in [0.29, 0.717) is 12.1 Å². The summed E-state index contributed by atoms with van der Waals surface area (Å²) < 4.78 is 0. The highest BCUT2D eigenvalue weighted by Crippen LogP contribution is 2.37. The highest BCUT2D eigenvalue weighted by molar-refractivity contribution is 7.10. The van der Waals surface area contributed by atoms with E-state index in [1.54, 1.807) is 11.3 Å². The van der Waals surface area contributed by atoms with E-state index < -0.39 is 12.0 Å². The summed E-state index contributed by atoms with van der Waals surface area (Å²) in [5.74, 6) is -0.698. The molecule has 4 nitrogen and oxygen atoms in total. The van der Waals surface area contributed by atoms with Crippen molar-refractivity contribution in [2.75, 3.05) is 20.1 Å². The molecule has 0 saturated carbocycles. The van der Waals surface area contributed by atoms with E-state index in [1.165, 1.54) is 4.88 Å². The van der Waals surface area contributed by atoms with Crippen LogP contribution in [0.4, 0.5) is 0 Å². The lowest BCUT2D eigenvalue weighted by Crippen LogP contribution is -2.51. The van der Waals surface area contributed by atoms with E-state index in [9.17, 15) is 9.90 Å². The SMILES string of the molecule is CC1CC(N2CCc3sccc3C2C(=O)O)CCN1C. The number of fused-ring (bicyclic) bond motifs is 1. The summed E-state index contributed by atoms with van der Waals surface area (Å²) in [6.45, 7) is 4.18. The number of carboxylic acids is 1. The minimum atomic E-state index is -0.698. The lowest BCUT2D eigenvalue weighted by molar-refractivity contribution is -0.145. The zero-order chi connectivity index (χ0) is 14.3. The molecule has 0 aromatic carbocycles. The molecule has 1 saturated heterocycles. The minimum Gasteiger partial charge on any atom is -0.480 e. The fourth-order valence-corrected chi connectivity index (χ4v) is 4.47. The highest BCUT2D eigenvalue weighted by atomic mass is 32.1. The Bertz CT molecular complexity index is 502. The van der Waals surface area contributed by atoms with E-state index in [1.807, 2.05) is 11.4 Å². The van der Waals surface area contributed by atoms with Crippen molar-refractivity contribution >= 4 is 17.3 Å². The Labute approximate surface area is 124 Å². The second-order valence-electron chi connectivity index (χ2n) is 6.04. The Morgan fingerprint density at radius 3 is 2.95 bits per heavy atom. The van der Waals surface area contributed by atoms with Crippen LogP contribution < -0.4 is 0 Å². The molecule has 0 bridgehead atoms. The van der Waals surface area contributed by atoms with Crippen molar-refractivity contribution in [3.8, 4) is 0 Å². The maximum absolute atomic E-state index is 11.8. The van der Waals surface area contributed by atoms with E-state index in [4.69, 9.17) is 0 Å². The molecule has 3 rings (SSSR count). The molecule has 110 valence electrons. The molecule has 3 heterocycles. The number of aliphatic carboxylic acids is 1. The summed E-state index contributed by atoms with van der Waals surface area (Å²) in [5.41, 5.74) is 1.03. The summed E-state index contributed by atoms with van der Waals surface area (Å²) in [6.07, 6.45) is 3.14. The van der Waals surface area contributed by atoms with Gasteiger partial charge in [0.2, 0.25) is 0 Å². The number of rotatable bonds is 2. The van der Waals surface area contributed by atoms with Crippen LogP contribution >= 0.6 is 11.3 Å². The molecular weight excluding hydrogens is 272 g/mol. The molecule has 1 N–H and O–H groups in total. The summed E-state index contributed by atoms with van der Waals surface area (Å²) in [4.78, 5) is 17.6. The molecule has 20 heavy (non-hydrogen) atoms. The van der Waals surface area contributed by atoms with E-state index in [2.05, 4.69) is 23.8 Å². The first-order chi connectivity index (χ1) is 9.58. The van der Waals surface area contributed by atoms with Gasteiger partial charge in [-0.25, -0.2) is 0 Å². The molecule has 0 amide bonds. The molecule has 3 unspecified atom stereocenters. The first-order valence-electron chi connectivity index (χ1n) is 7.33. The monoisotopic (exact) mass is 294 g/mol. The minimum absolute atomic E-state index is 0.398. The summed E-state index contributed by atoms with van der Waals surface area (Å²) in [6, 6.07) is 2.50. The molecule has 2 aliphatic rings. The number of carbonyl (C=O) groups is 1. The smallest absolute Gasteiger partial charge is 0.325 e. The topological polar surface area (TPSA) is 43.8 Å². The van der Waals surface area contributed by atoms with Gasteiger partial charge in [-0.1, -0.05) is 0 Å². The summed E-state index contributed by atoms with van der Waals surface area (Å²) in [5, 5.41) is 11.7. The molecule has 1 fully saturated rings. The molecule has 0 aliphatic carbocycles. The van der Waals surface area contributed by atoms with Gasteiger partial charge < -0.3 is 10.0 Å².